The third-order valence-corrected chi connectivity index (χ3v) is 9.41. The van der Waals surface area contributed by atoms with Gasteiger partial charge < -0.3 is 0 Å². The molecule has 0 amide bonds. The van der Waals surface area contributed by atoms with Crippen LogP contribution < -0.4 is 0 Å². The van der Waals surface area contributed by atoms with Gasteiger partial charge in [-0.3, -0.25) is 0 Å². The molecule has 0 aliphatic heterocycles. The second-order valence-corrected chi connectivity index (χ2v) is 12.8. The summed E-state index contributed by atoms with van der Waals surface area (Å²) in [6.45, 7) is 4.47. The number of thiophene rings is 2. The third kappa shape index (κ3) is 6.96. The van der Waals surface area contributed by atoms with Gasteiger partial charge in [-0.2, -0.15) is 5.26 Å². The first-order valence-corrected chi connectivity index (χ1v) is 14.6. The smallest absolute Gasteiger partial charge is 0.218 e. The summed E-state index contributed by atoms with van der Waals surface area (Å²) in [4.78, 5) is 11.2. The molecule has 0 N–H and O–H groups in total. The van der Waals surface area contributed by atoms with E-state index in [1.807, 2.05) is 6.07 Å². The summed E-state index contributed by atoms with van der Waals surface area (Å²) in [5, 5.41) is 9.55. The maximum atomic E-state index is 9.55. The molecule has 3 heterocycles. The Balaban J connectivity index is 1.83. The van der Waals surface area contributed by atoms with E-state index >= 15 is 0 Å². The second kappa shape index (κ2) is 13.0. The molecule has 3 aromatic rings. The van der Waals surface area contributed by atoms with Crippen LogP contribution in [-0.2, 0) is 12.8 Å². The summed E-state index contributed by atoms with van der Waals surface area (Å²) in [5.41, 5.74) is 4.30. The Morgan fingerprint density at radius 3 is 1.62 bits per heavy atom. The normalized spacial score (nSPS) is 11.1. The van der Waals surface area contributed by atoms with Crippen LogP contribution in [-0.4, -0.2) is 9.97 Å². The van der Waals surface area contributed by atoms with E-state index in [0.29, 0.717) is 0 Å². The van der Waals surface area contributed by atoms with Gasteiger partial charge in [-0.1, -0.05) is 52.4 Å². The van der Waals surface area contributed by atoms with E-state index in [0.717, 1.165) is 41.6 Å². The summed E-state index contributed by atoms with van der Waals surface area (Å²) < 4.78 is 2.33. The Kier molecular flexibility index (Phi) is 10.4. The highest BCUT2D eigenvalue weighted by Gasteiger charge is 2.16. The molecule has 170 valence electrons. The Morgan fingerprint density at radius 1 is 0.750 bits per heavy atom. The largest absolute Gasteiger partial charge is 0.233 e. The van der Waals surface area contributed by atoms with Crippen molar-refractivity contribution in [1.82, 2.24) is 9.97 Å². The molecule has 0 atom stereocenters. The molecule has 0 aromatic carbocycles. The van der Waals surface area contributed by atoms with E-state index in [9.17, 15) is 5.26 Å². The van der Waals surface area contributed by atoms with Crippen LogP contribution in [0.5, 0.6) is 0 Å². The van der Waals surface area contributed by atoms with Gasteiger partial charge in [0.25, 0.3) is 0 Å². The number of hydrogen-bond acceptors (Lipinski definition) is 5. The van der Waals surface area contributed by atoms with Crippen LogP contribution in [0.15, 0.2) is 25.8 Å². The van der Waals surface area contributed by atoms with E-state index in [-0.39, 0.29) is 5.82 Å². The molecule has 0 saturated carbocycles. The van der Waals surface area contributed by atoms with E-state index in [1.165, 1.54) is 62.5 Å². The van der Waals surface area contributed by atoms with E-state index in [1.54, 1.807) is 22.7 Å². The van der Waals surface area contributed by atoms with Crippen molar-refractivity contribution in [1.29, 1.82) is 5.26 Å². The lowest BCUT2D eigenvalue weighted by molar-refractivity contribution is 0.667. The van der Waals surface area contributed by atoms with Gasteiger partial charge in [0.2, 0.25) is 5.82 Å². The highest BCUT2D eigenvalue weighted by atomic mass is 79.9. The van der Waals surface area contributed by atoms with E-state index in [2.05, 4.69) is 73.9 Å². The minimum absolute atomic E-state index is 0.223. The van der Waals surface area contributed by atoms with Gasteiger partial charge in [0.05, 0.1) is 28.7 Å². The predicted molar refractivity (Wildman–Crippen MR) is 144 cm³/mol. The highest BCUT2D eigenvalue weighted by Crippen LogP contribution is 2.39. The monoisotopic (exact) mass is 593 g/mol. The van der Waals surface area contributed by atoms with E-state index < -0.39 is 0 Å². The first kappa shape index (κ1) is 25.6. The van der Waals surface area contributed by atoms with Crippen LogP contribution in [0.4, 0.5) is 0 Å². The van der Waals surface area contributed by atoms with Crippen LogP contribution in [0.25, 0.3) is 21.1 Å². The summed E-state index contributed by atoms with van der Waals surface area (Å²) in [6, 6.07) is 8.62. The fourth-order valence-electron chi connectivity index (χ4n) is 3.64. The molecule has 7 heteroatoms. The van der Waals surface area contributed by atoms with Gasteiger partial charge in [0.1, 0.15) is 6.07 Å². The first-order chi connectivity index (χ1) is 15.5. The Bertz CT molecular complexity index is 991. The number of hydrogen-bond donors (Lipinski definition) is 0. The summed E-state index contributed by atoms with van der Waals surface area (Å²) in [5.74, 6) is 0.223. The minimum Gasteiger partial charge on any atom is -0.218 e. The molecular formula is C25H29Br2N3S2. The molecular weight excluding hydrogens is 566 g/mol. The maximum Gasteiger partial charge on any atom is 0.233 e. The van der Waals surface area contributed by atoms with Crippen molar-refractivity contribution in [3.63, 3.8) is 0 Å². The summed E-state index contributed by atoms with van der Waals surface area (Å²) in [7, 11) is 0. The minimum atomic E-state index is 0.223. The number of aromatic nitrogens is 2. The molecule has 0 aliphatic carbocycles. The molecule has 0 unspecified atom stereocenters. The topological polar surface area (TPSA) is 49.6 Å². The molecule has 0 aliphatic rings. The fourth-order valence-corrected chi connectivity index (χ4v) is 7.10. The average molecular weight is 595 g/mol. The average Bonchev–Trinajstić information content (AvgIpc) is 3.36. The van der Waals surface area contributed by atoms with Crippen molar-refractivity contribution in [2.75, 3.05) is 0 Å². The van der Waals surface area contributed by atoms with Crippen LogP contribution in [0.3, 0.4) is 0 Å². The van der Waals surface area contributed by atoms with Gasteiger partial charge in [-0.25, -0.2) is 9.97 Å². The van der Waals surface area contributed by atoms with Gasteiger partial charge in [-0.05, 0) is 86.9 Å². The number of nitrogens with zero attached hydrogens (tertiary/aromatic N) is 3. The standard InChI is InChI=1S/C25H29Br2N3S2/c1-3-5-7-9-11-17-13-21(31-24(17)26)19-15-20(30-23(16-28)29-19)22-14-18(25(27)32-22)12-10-8-6-4-2/h13-15H,3-12H2,1-2H3. The third-order valence-electron chi connectivity index (χ3n) is 5.45. The SMILES string of the molecule is CCCCCCc1cc(-c2cc(-c3cc(CCCCCC)c(Br)s3)nc(C#N)n2)sc1Br. The van der Waals surface area contributed by atoms with Crippen molar-refractivity contribution in [3.05, 3.63) is 42.7 Å². The lowest BCUT2D eigenvalue weighted by Crippen LogP contribution is -1.94. The number of halogens is 2. The number of nitriles is 1. The molecule has 3 rings (SSSR count). The molecule has 0 bridgehead atoms. The first-order valence-electron chi connectivity index (χ1n) is 11.4. The lowest BCUT2D eigenvalue weighted by atomic mass is 10.1. The number of unbranched alkanes of at least 4 members (excludes halogenated alkanes) is 6. The molecule has 32 heavy (non-hydrogen) atoms. The van der Waals surface area contributed by atoms with Crippen molar-refractivity contribution >= 4 is 54.5 Å². The fraction of sp³-hybridized carbons (Fsp3) is 0.480. The lowest BCUT2D eigenvalue weighted by Gasteiger charge is -2.02. The number of rotatable bonds is 12. The van der Waals surface area contributed by atoms with Crippen molar-refractivity contribution in [2.45, 2.75) is 78.1 Å². The van der Waals surface area contributed by atoms with Crippen LogP contribution in [0.2, 0.25) is 0 Å². The molecule has 3 nitrogen and oxygen atoms in total. The summed E-state index contributed by atoms with van der Waals surface area (Å²) >= 11 is 10.9. The Labute approximate surface area is 216 Å². The Morgan fingerprint density at radius 2 is 1.22 bits per heavy atom. The maximum absolute atomic E-state index is 9.55. The zero-order chi connectivity index (χ0) is 22.9. The second-order valence-electron chi connectivity index (χ2n) is 8.01. The highest BCUT2D eigenvalue weighted by molar-refractivity contribution is 9.11. The van der Waals surface area contributed by atoms with Crippen molar-refractivity contribution < 1.29 is 0 Å². The van der Waals surface area contributed by atoms with Gasteiger partial charge in [-0.15, -0.1) is 22.7 Å². The quantitative estimate of drug-likeness (QED) is 0.196. The molecule has 0 radical (unpaired) electrons. The molecule has 0 spiro atoms. The molecule has 0 fully saturated rings. The van der Waals surface area contributed by atoms with Crippen molar-refractivity contribution in [2.24, 2.45) is 0 Å². The van der Waals surface area contributed by atoms with Crippen molar-refractivity contribution in [3.8, 4) is 27.2 Å². The molecule has 3 aromatic heterocycles. The van der Waals surface area contributed by atoms with E-state index in [4.69, 9.17) is 0 Å². The summed E-state index contributed by atoms with van der Waals surface area (Å²) in [6.07, 6.45) is 12.1. The Hall–Kier alpha value is -1.07. The van der Waals surface area contributed by atoms with Gasteiger partial charge >= 0.3 is 0 Å². The zero-order valence-electron chi connectivity index (χ0n) is 18.7. The van der Waals surface area contributed by atoms with Gasteiger partial charge in [0.15, 0.2) is 0 Å². The predicted octanol–water partition coefficient (Wildman–Crippen LogP) is 9.58. The molecule has 0 saturated heterocycles. The van der Waals surface area contributed by atoms with Gasteiger partial charge in [0, 0.05) is 0 Å². The number of aryl methyl sites for hydroxylation is 2. The van der Waals surface area contributed by atoms with Crippen LogP contribution in [0, 0.1) is 11.3 Å². The van der Waals surface area contributed by atoms with Crippen LogP contribution in [0.1, 0.15) is 82.2 Å². The zero-order valence-corrected chi connectivity index (χ0v) is 23.5. The van der Waals surface area contributed by atoms with Crippen LogP contribution >= 0.6 is 54.5 Å².